The summed E-state index contributed by atoms with van der Waals surface area (Å²) in [6.45, 7) is 6.37. The molecule has 0 aromatic carbocycles. The number of amides is 1. The van der Waals surface area contributed by atoms with Gasteiger partial charge in [0.1, 0.15) is 6.07 Å². The molecule has 2 heterocycles. The van der Waals surface area contributed by atoms with Crippen LogP contribution in [0.2, 0.25) is 0 Å². The summed E-state index contributed by atoms with van der Waals surface area (Å²) >= 11 is 0. The highest BCUT2D eigenvalue weighted by atomic mass is 16.2. The van der Waals surface area contributed by atoms with Gasteiger partial charge in [0, 0.05) is 37.4 Å². The third-order valence-electron chi connectivity index (χ3n) is 3.46. The van der Waals surface area contributed by atoms with E-state index >= 15 is 0 Å². The lowest BCUT2D eigenvalue weighted by molar-refractivity contribution is -0.127. The van der Waals surface area contributed by atoms with Gasteiger partial charge in [-0.2, -0.15) is 5.26 Å². The smallest absolute Gasteiger partial charge is 0.222 e. The van der Waals surface area contributed by atoms with Crippen molar-refractivity contribution in [1.29, 1.82) is 5.26 Å². The van der Waals surface area contributed by atoms with Crippen molar-refractivity contribution < 1.29 is 4.79 Å². The Bertz CT molecular complexity index is 482. The van der Waals surface area contributed by atoms with Gasteiger partial charge in [0.15, 0.2) is 0 Å². The minimum absolute atomic E-state index is 0.257. The van der Waals surface area contributed by atoms with Crippen molar-refractivity contribution in [2.75, 3.05) is 13.1 Å². The minimum atomic E-state index is 0.257. The quantitative estimate of drug-likeness (QED) is 0.793. The second-order valence-electron chi connectivity index (χ2n) is 4.53. The zero-order chi connectivity index (χ0) is 12.4. The fourth-order valence-electron chi connectivity index (χ4n) is 2.42. The predicted octanol–water partition coefficient (Wildman–Crippen LogP) is 1.60. The van der Waals surface area contributed by atoms with E-state index in [9.17, 15) is 4.79 Å². The van der Waals surface area contributed by atoms with Gasteiger partial charge in [-0.1, -0.05) is 0 Å². The second-order valence-corrected chi connectivity index (χ2v) is 4.53. The third kappa shape index (κ3) is 2.19. The molecule has 2 rings (SSSR count). The summed E-state index contributed by atoms with van der Waals surface area (Å²) in [6, 6.07) is 4.10. The lowest BCUT2D eigenvalue weighted by Gasteiger charge is -2.17. The maximum Gasteiger partial charge on any atom is 0.222 e. The fraction of sp³-hybridized carbons (Fsp3) is 0.538. The Morgan fingerprint density at radius 3 is 2.71 bits per heavy atom. The van der Waals surface area contributed by atoms with E-state index in [0.717, 1.165) is 43.0 Å². The number of carbonyl (C=O) groups is 1. The zero-order valence-electron chi connectivity index (χ0n) is 10.4. The molecule has 1 saturated heterocycles. The summed E-state index contributed by atoms with van der Waals surface area (Å²) in [6.07, 6.45) is 1.67. The van der Waals surface area contributed by atoms with Crippen LogP contribution in [0.4, 0.5) is 0 Å². The van der Waals surface area contributed by atoms with Crippen molar-refractivity contribution in [1.82, 2.24) is 9.47 Å². The Morgan fingerprint density at radius 2 is 2.18 bits per heavy atom. The molecule has 0 aliphatic carbocycles. The number of nitrogens with zero attached hydrogens (tertiary/aromatic N) is 3. The van der Waals surface area contributed by atoms with Crippen LogP contribution in [0.15, 0.2) is 6.07 Å². The standard InChI is InChI=1S/C13H17N3O/c1-10-8-12(9-14)11(2)16(10)7-6-15-5-3-4-13(15)17/h8H,3-7H2,1-2H3. The highest BCUT2D eigenvalue weighted by Crippen LogP contribution is 2.15. The Labute approximate surface area is 101 Å². The monoisotopic (exact) mass is 231 g/mol. The minimum Gasteiger partial charge on any atom is -0.346 e. The number of aryl methyl sites for hydroxylation is 1. The molecule has 17 heavy (non-hydrogen) atoms. The van der Waals surface area contributed by atoms with E-state index in [0.29, 0.717) is 6.42 Å². The largest absolute Gasteiger partial charge is 0.346 e. The molecule has 1 aliphatic heterocycles. The van der Waals surface area contributed by atoms with Crippen LogP contribution in [0.3, 0.4) is 0 Å². The molecule has 1 amide bonds. The summed E-state index contributed by atoms with van der Waals surface area (Å²) in [5.41, 5.74) is 2.82. The molecule has 1 aromatic rings. The van der Waals surface area contributed by atoms with Crippen LogP contribution in [0, 0.1) is 25.2 Å². The molecular weight excluding hydrogens is 214 g/mol. The van der Waals surface area contributed by atoms with Gasteiger partial charge >= 0.3 is 0 Å². The summed E-state index contributed by atoms with van der Waals surface area (Å²) in [7, 11) is 0. The molecule has 1 aromatic heterocycles. The Balaban J connectivity index is 2.07. The molecule has 0 bridgehead atoms. The van der Waals surface area contributed by atoms with Crippen molar-refractivity contribution in [3.05, 3.63) is 23.0 Å². The van der Waals surface area contributed by atoms with E-state index in [1.165, 1.54) is 0 Å². The van der Waals surface area contributed by atoms with Crippen LogP contribution in [-0.2, 0) is 11.3 Å². The average Bonchev–Trinajstić information content (AvgIpc) is 2.82. The number of nitriles is 1. The second kappa shape index (κ2) is 4.62. The summed E-state index contributed by atoms with van der Waals surface area (Å²) < 4.78 is 2.12. The molecule has 1 fully saturated rings. The van der Waals surface area contributed by atoms with Gasteiger partial charge in [0.25, 0.3) is 0 Å². The number of aromatic nitrogens is 1. The predicted molar refractivity (Wildman–Crippen MR) is 64.4 cm³/mol. The Kier molecular flexibility index (Phi) is 3.19. The molecule has 4 heteroatoms. The molecule has 90 valence electrons. The van der Waals surface area contributed by atoms with Gasteiger partial charge in [-0.05, 0) is 26.3 Å². The highest BCUT2D eigenvalue weighted by Gasteiger charge is 2.20. The number of hydrogen-bond acceptors (Lipinski definition) is 2. The van der Waals surface area contributed by atoms with Crippen LogP contribution < -0.4 is 0 Å². The van der Waals surface area contributed by atoms with E-state index in [-0.39, 0.29) is 5.91 Å². The van der Waals surface area contributed by atoms with Crippen LogP contribution in [0.5, 0.6) is 0 Å². The number of likely N-dealkylation sites (tertiary alicyclic amines) is 1. The summed E-state index contributed by atoms with van der Waals surface area (Å²) in [5, 5.41) is 8.95. The van der Waals surface area contributed by atoms with Crippen molar-refractivity contribution in [3.8, 4) is 6.07 Å². The van der Waals surface area contributed by atoms with Crippen LogP contribution >= 0.6 is 0 Å². The highest BCUT2D eigenvalue weighted by molar-refractivity contribution is 5.77. The van der Waals surface area contributed by atoms with E-state index in [2.05, 4.69) is 10.6 Å². The van der Waals surface area contributed by atoms with Crippen LogP contribution in [0.1, 0.15) is 29.8 Å². The molecule has 0 radical (unpaired) electrons. The van der Waals surface area contributed by atoms with Gasteiger partial charge in [-0.3, -0.25) is 4.79 Å². The number of carbonyl (C=O) groups excluding carboxylic acids is 1. The fourth-order valence-corrected chi connectivity index (χ4v) is 2.42. The van der Waals surface area contributed by atoms with Crippen molar-refractivity contribution >= 4 is 5.91 Å². The maximum absolute atomic E-state index is 11.5. The lowest BCUT2D eigenvalue weighted by Crippen LogP contribution is -2.28. The van der Waals surface area contributed by atoms with Gasteiger partial charge in [-0.15, -0.1) is 0 Å². The molecule has 1 aliphatic rings. The first-order chi connectivity index (χ1) is 8.13. The number of hydrogen-bond donors (Lipinski definition) is 0. The lowest BCUT2D eigenvalue weighted by atomic mass is 10.3. The molecule has 0 saturated carbocycles. The third-order valence-corrected chi connectivity index (χ3v) is 3.46. The Morgan fingerprint density at radius 1 is 1.41 bits per heavy atom. The molecule has 0 spiro atoms. The van der Waals surface area contributed by atoms with Gasteiger partial charge in [0.05, 0.1) is 5.56 Å². The Hall–Kier alpha value is -1.76. The summed E-state index contributed by atoms with van der Waals surface area (Å²) in [4.78, 5) is 13.4. The van der Waals surface area contributed by atoms with Gasteiger partial charge in [0.2, 0.25) is 5.91 Å². The zero-order valence-corrected chi connectivity index (χ0v) is 10.4. The van der Waals surface area contributed by atoms with E-state index < -0.39 is 0 Å². The average molecular weight is 231 g/mol. The SMILES string of the molecule is Cc1cc(C#N)c(C)n1CCN1CCCC1=O. The normalized spacial score (nSPS) is 15.4. The van der Waals surface area contributed by atoms with Crippen molar-refractivity contribution in [2.45, 2.75) is 33.2 Å². The van der Waals surface area contributed by atoms with Crippen molar-refractivity contribution in [3.63, 3.8) is 0 Å². The summed E-state index contributed by atoms with van der Waals surface area (Å²) in [5.74, 6) is 0.257. The molecule has 4 nitrogen and oxygen atoms in total. The molecular formula is C13H17N3O. The van der Waals surface area contributed by atoms with Gasteiger partial charge < -0.3 is 9.47 Å². The number of rotatable bonds is 3. The van der Waals surface area contributed by atoms with Crippen molar-refractivity contribution in [2.24, 2.45) is 0 Å². The molecule has 0 unspecified atom stereocenters. The topological polar surface area (TPSA) is 49.0 Å². The van der Waals surface area contributed by atoms with E-state index in [4.69, 9.17) is 5.26 Å². The van der Waals surface area contributed by atoms with Gasteiger partial charge in [-0.25, -0.2) is 0 Å². The first-order valence-corrected chi connectivity index (χ1v) is 5.98. The molecule has 0 atom stereocenters. The molecule has 0 N–H and O–H groups in total. The van der Waals surface area contributed by atoms with Crippen LogP contribution in [0.25, 0.3) is 0 Å². The van der Waals surface area contributed by atoms with Crippen LogP contribution in [-0.4, -0.2) is 28.5 Å². The first kappa shape index (κ1) is 11.7. The maximum atomic E-state index is 11.5. The van der Waals surface area contributed by atoms with E-state index in [1.807, 2.05) is 24.8 Å². The van der Waals surface area contributed by atoms with E-state index in [1.54, 1.807) is 0 Å². The first-order valence-electron chi connectivity index (χ1n) is 5.98.